The van der Waals surface area contributed by atoms with Gasteiger partial charge >= 0.3 is 0 Å². The summed E-state index contributed by atoms with van der Waals surface area (Å²) in [5, 5.41) is 6.58. The van der Waals surface area contributed by atoms with Crippen LogP contribution in [0.5, 0.6) is 11.5 Å². The lowest BCUT2D eigenvalue weighted by molar-refractivity contribution is 0.297. The number of guanidine groups is 1. The van der Waals surface area contributed by atoms with Gasteiger partial charge in [0.25, 0.3) is 0 Å². The van der Waals surface area contributed by atoms with Gasteiger partial charge in [-0.25, -0.2) is 4.99 Å². The summed E-state index contributed by atoms with van der Waals surface area (Å²) in [5.41, 5.74) is 1.09. The van der Waals surface area contributed by atoms with Crippen molar-refractivity contribution < 1.29 is 13.9 Å². The van der Waals surface area contributed by atoms with E-state index >= 15 is 0 Å². The summed E-state index contributed by atoms with van der Waals surface area (Å²) in [6, 6.07) is 9.88. The molecule has 0 aliphatic carbocycles. The van der Waals surface area contributed by atoms with Gasteiger partial charge in [-0.3, -0.25) is 0 Å². The van der Waals surface area contributed by atoms with Crippen LogP contribution in [-0.4, -0.2) is 32.3 Å². The summed E-state index contributed by atoms with van der Waals surface area (Å²) in [4.78, 5) is 4.64. The molecular weight excluding hydrogens is 445 g/mol. The van der Waals surface area contributed by atoms with Crippen LogP contribution in [0.1, 0.15) is 24.7 Å². The van der Waals surface area contributed by atoms with Crippen LogP contribution < -0.4 is 20.1 Å². The van der Waals surface area contributed by atoms with Gasteiger partial charge in [0, 0.05) is 25.9 Å². The zero-order valence-electron chi connectivity index (χ0n) is 15.0. The number of ether oxygens (including phenoxy) is 2. The Morgan fingerprint density at radius 2 is 1.96 bits per heavy atom. The molecule has 2 heterocycles. The maximum Gasteiger partial charge on any atom is 0.191 e. The monoisotopic (exact) mass is 471 g/mol. The van der Waals surface area contributed by atoms with Crippen molar-refractivity contribution in [1.29, 1.82) is 0 Å². The Labute approximate surface area is 171 Å². The number of furan rings is 1. The summed E-state index contributed by atoms with van der Waals surface area (Å²) >= 11 is 0. The highest BCUT2D eigenvalue weighted by Gasteiger charge is 2.10. The molecule has 0 unspecified atom stereocenters. The molecule has 142 valence electrons. The van der Waals surface area contributed by atoms with Gasteiger partial charge in [0.1, 0.15) is 5.76 Å². The number of halogens is 1. The van der Waals surface area contributed by atoms with Crippen LogP contribution in [-0.2, 0) is 13.0 Å². The van der Waals surface area contributed by atoms with Crippen LogP contribution >= 0.6 is 24.0 Å². The number of hydrogen-bond donors (Lipinski definition) is 2. The van der Waals surface area contributed by atoms with Crippen molar-refractivity contribution >= 4 is 29.9 Å². The van der Waals surface area contributed by atoms with E-state index in [0.717, 1.165) is 54.7 Å². The van der Waals surface area contributed by atoms with Crippen LogP contribution in [0.2, 0.25) is 0 Å². The third-order valence-corrected chi connectivity index (χ3v) is 3.82. The second-order valence-corrected chi connectivity index (χ2v) is 5.78. The first kappa shape index (κ1) is 20.4. The highest BCUT2D eigenvalue weighted by Crippen LogP contribution is 2.30. The molecule has 3 rings (SSSR count). The Hall–Kier alpha value is -1.90. The van der Waals surface area contributed by atoms with Crippen LogP contribution in [0.25, 0.3) is 0 Å². The molecule has 0 bridgehead atoms. The molecule has 6 nitrogen and oxygen atoms in total. The maximum atomic E-state index is 5.73. The standard InChI is InChI=1S/C19H25N3O3.HI/c1-2-20-19(21-9-8-16-5-3-10-23-16)22-14-15-6-7-17-18(13-15)25-12-4-11-24-17;/h3,5-7,10,13H,2,4,8-9,11-12,14H2,1H3,(H2,20,21,22);1H. The molecule has 7 heteroatoms. The highest BCUT2D eigenvalue weighted by atomic mass is 127. The zero-order valence-corrected chi connectivity index (χ0v) is 17.3. The zero-order chi connectivity index (χ0) is 17.3. The SMILES string of the molecule is CCNC(=NCc1ccc2c(c1)OCCCO2)NCCc1ccco1.I. The van der Waals surface area contributed by atoms with E-state index in [1.165, 1.54) is 0 Å². The number of nitrogens with zero attached hydrogens (tertiary/aromatic N) is 1. The fourth-order valence-corrected chi connectivity index (χ4v) is 2.58. The van der Waals surface area contributed by atoms with Crippen molar-refractivity contribution in [1.82, 2.24) is 10.6 Å². The molecule has 1 aliphatic rings. The Morgan fingerprint density at radius 3 is 2.73 bits per heavy atom. The molecule has 2 aromatic rings. The van der Waals surface area contributed by atoms with Crippen molar-refractivity contribution in [3.8, 4) is 11.5 Å². The number of nitrogens with one attached hydrogen (secondary N) is 2. The van der Waals surface area contributed by atoms with Crippen LogP contribution in [0.3, 0.4) is 0 Å². The Balaban J connectivity index is 0.00000243. The van der Waals surface area contributed by atoms with Crippen LogP contribution in [0.15, 0.2) is 46.0 Å². The van der Waals surface area contributed by atoms with Crippen molar-refractivity contribution in [2.24, 2.45) is 4.99 Å². The molecule has 1 aliphatic heterocycles. The summed E-state index contributed by atoms with van der Waals surface area (Å²) in [6.45, 7) is 5.60. The van der Waals surface area contributed by atoms with E-state index in [1.54, 1.807) is 6.26 Å². The van der Waals surface area contributed by atoms with Gasteiger partial charge in [0.2, 0.25) is 0 Å². The highest BCUT2D eigenvalue weighted by molar-refractivity contribution is 14.0. The summed E-state index contributed by atoms with van der Waals surface area (Å²) in [6.07, 6.45) is 3.42. The fraction of sp³-hybridized carbons (Fsp3) is 0.421. The molecule has 2 N–H and O–H groups in total. The van der Waals surface area contributed by atoms with Gasteiger partial charge in [-0.1, -0.05) is 6.07 Å². The second-order valence-electron chi connectivity index (χ2n) is 5.78. The van der Waals surface area contributed by atoms with Crippen molar-refractivity contribution in [3.05, 3.63) is 47.9 Å². The molecule has 26 heavy (non-hydrogen) atoms. The normalized spacial score (nSPS) is 13.5. The van der Waals surface area contributed by atoms with Crippen molar-refractivity contribution in [3.63, 3.8) is 0 Å². The van der Waals surface area contributed by atoms with E-state index in [9.17, 15) is 0 Å². The molecule has 0 saturated carbocycles. The molecule has 0 saturated heterocycles. The largest absolute Gasteiger partial charge is 0.490 e. The third kappa shape index (κ3) is 6.12. The molecule has 1 aromatic heterocycles. The minimum absolute atomic E-state index is 0. The number of rotatable bonds is 6. The lowest BCUT2D eigenvalue weighted by Gasteiger charge is -2.11. The smallest absolute Gasteiger partial charge is 0.191 e. The quantitative estimate of drug-likeness (QED) is 0.384. The second kappa shape index (κ2) is 10.9. The van der Waals surface area contributed by atoms with E-state index in [1.807, 2.05) is 30.3 Å². The Kier molecular flexibility index (Phi) is 8.60. The minimum Gasteiger partial charge on any atom is -0.490 e. The maximum absolute atomic E-state index is 5.73. The van der Waals surface area contributed by atoms with Gasteiger partial charge in [0.15, 0.2) is 17.5 Å². The number of benzene rings is 1. The summed E-state index contributed by atoms with van der Waals surface area (Å²) < 4.78 is 16.7. The number of aliphatic imine (C=N–C) groups is 1. The van der Waals surface area contributed by atoms with E-state index in [-0.39, 0.29) is 24.0 Å². The topological polar surface area (TPSA) is 68.0 Å². The first-order valence-electron chi connectivity index (χ1n) is 8.78. The molecule has 0 atom stereocenters. The first-order valence-corrected chi connectivity index (χ1v) is 8.78. The summed E-state index contributed by atoms with van der Waals surface area (Å²) in [7, 11) is 0. The van der Waals surface area contributed by atoms with Crippen molar-refractivity contribution in [2.75, 3.05) is 26.3 Å². The first-order chi connectivity index (χ1) is 12.3. The number of fused-ring (bicyclic) bond motifs is 1. The van der Waals surface area contributed by atoms with Gasteiger partial charge in [-0.05, 0) is 36.8 Å². The lowest BCUT2D eigenvalue weighted by atomic mass is 10.2. The fourth-order valence-electron chi connectivity index (χ4n) is 2.58. The van der Waals surface area contributed by atoms with Gasteiger partial charge in [-0.15, -0.1) is 24.0 Å². The van der Waals surface area contributed by atoms with E-state index in [0.29, 0.717) is 19.8 Å². The molecule has 0 radical (unpaired) electrons. The van der Waals surface area contributed by atoms with Crippen LogP contribution in [0.4, 0.5) is 0 Å². The third-order valence-electron chi connectivity index (χ3n) is 3.82. The summed E-state index contributed by atoms with van der Waals surface area (Å²) in [5.74, 6) is 3.38. The molecule has 0 fully saturated rings. The Morgan fingerprint density at radius 1 is 1.12 bits per heavy atom. The lowest BCUT2D eigenvalue weighted by Crippen LogP contribution is -2.38. The van der Waals surface area contributed by atoms with Crippen LogP contribution in [0, 0.1) is 0 Å². The molecule has 0 amide bonds. The molecule has 0 spiro atoms. The van der Waals surface area contributed by atoms with E-state index < -0.39 is 0 Å². The van der Waals surface area contributed by atoms with Gasteiger partial charge < -0.3 is 24.5 Å². The minimum atomic E-state index is 0. The van der Waals surface area contributed by atoms with Gasteiger partial charge in [0.05, 0.1) is 26.0 Å². The van der Waals surface area contributed by atoms with E-state index in [4.69, 9.17) is 13.9 Å². The number of hydrogen-bond acceptors (Lipinski definition) is 4. The average Bonchev–Trinajstić information content (AvgIpc) is 3.03. The molecular formula is C19H26IN3O3. The predicted octanol–water partition coefficient (Wildman–Crippen LogP) is 3.36. The predicted molar refractivity (Wildman–Crippen MR) is 113 cm³/mol. The molecule has 1 aromatic carbocycles. The van der Waals surface area contributed by atoms with Crippen molar-refractivity contribution in [2.45, 2.75) is 26.3 Å². The Bertz CT molecular complexity index is 689. The van der Waals surface area contributed by atoms with Gasteiger partial charge in [-0.2, -0.15) is 0 Å². The van der Waals surface area contributed by atoms with E-state index in [2.05, 4.69) is 22.5 Å². The average molecular weight is 471 g/mol.